The van der Waals surface area contributed by atoms with Gasteiger partial charge in [0, 0.05) is 47.5 Å². The number of hydrogen-bond donors (Lipinski definition) is 0. The molecule has 0 saturated carbocycles. The molecule has 0 atom stereocenters. The Balaban J connectivity index is 2.02. The maximum absolute atomic E-state index is 13.4. The summed E-state index contributed by atoms with van der Waals surface area (Å²) in [5.74, 6) is -1.26. The molecule has 0 radical (unpaired) electrons. The Morgan fingerprint density at radius 2 is 1.75 bits per heavy atom. The number of pyridine rings is 2. The minimum Gasteiger partial charge on any atom is -0.287 e. The Kier molecular flexibility index (Phi) is 3.36. The Bertz CT molecular complexity index is 1330. The summed E-state index contributed by atoms with van der Waals surface area (Å²) in [7, 11) is 1.43. The largest absolute Gasteiger partial charge is 0.287 e. The second-order valence-electron chi connectivity index (χ2n) is 6.61. The minimum absolute atomic E-state index is 0.226. The topological polar surface area (TPSA) is 80.2 Å². The molecule has 6 heteroatoms. The highest BCUT2D eigenvalue weighted by atomic mass is 16.2. The van der Waals surface area contributed by atoms with Crippen molar-refractivity contribution < 1.29 is 14.4 Å². The van der Waals surface area contributed by atoms with Gasteiger partial charge in [-0.3, -0.25) is 29.3 Å². The molecular weight excluding hydrogens is 354 g/mol. The quantitative estimate of drug-likeness (QED) is 0.309. The van der Waals surface area contributed by atoms with Crippen LogP contribution in [0.4, 0.5) is 0 Å². The zero-order valence-electron chi connectivity index (χ0n) is 14.8. The van der Waals surface area contributed by atoms with Crippen LogP contribution in [0.25, 0.3) is 21.5 Å². The summed E-state index contributed by atoms with van der Waals surface area (Å²) in [5, 5.41) is 2.58. The molecule has 1 aliphatic rings. The Morgan fingerprint density at radius 1 is 0.893 bits per heavy atom. The lowest BCUT2D eigenvalue weighted by Gasteiger charge is -2.26. The highest BCUT2D eigenvalue weighted by molar-refractivity contribution is 6.35. The molecule has 3 heterocycles. The van der Waals surface area contributed by atoms with Crippen molar-refractivity contribution in [1.29, 1.82) is 0 Å². The third-order valence-electron chi connectivity index (χ3n) is 5.12. The lowest BCUT2D eigenvalue weighted by atomic mass is 9.85. The van der Waals surface area contributed by atoms with E-state index in [1.54, 1.807) is 48.8 Å². The van der Waals surface area contributed by atoms with Crippen molar-refractivity contribution in [1.82, 2.24) is 14.9 Å². The van der Waals surface area contributed by atoms with Gasteiger partial charge >= 0.3 is 0 Å². The molecule has 5 rings (SSSR count). The number of ketones is 1. The average Bonchev–Trinajstić information content (AvgIpc) is 2.75. The van der Waals surface area contributed by atoms with Gasteiger partial charge in [0.05, 0.1) is 5.56 Å². The van der Waals surface area contributed by atoms with E-state index in [0.29, 0.717) is 16.3 Å². The zero-order chi connectivity index (χ0) is 19.4. The summed E-state index contributed by atoms with van der Waals surface area (Å²) in [5.41, 5.74) is 1.09. The fourth-order valence-electron chi connectivity index (χ4n) is 3.83. The summed E-state index contributed by atoms with van der Waals surface area (Å²) in [6, 6.07) is 12.1. The van der Waals surface area contributed by atoms with Crippen LogP contribution in [0.3, 0.4) is 0 Å². The number of benzene rings is 2. The fourth-order valence-corrected chi connectivity index (χ4v) is 3.83. The first kappa shape index (κ1) is 16.3. The molecule has 134 valence electrons. The van der Waals surface area contributed by atoms with Gasteiger partial charge in [-0.1, -0.05) is 18.2 Å². The van der Waals surface area contributed by atoms with Crippen LogP contribution in [0.15, 0.2) is 61.1 Å². The molecule has 0 bridgehead atoms. The van der Waals surface area contributed by atoms with Crippen LogP contribution < -0.4 is 0 Å². The number of carbonyl (C=O) groups is 3. The number of amides is 2. The molecule has 0 unspecified atom stereocenters. The van der Waals surface area contributed by atoms with E-state index in [9.17, 15) is 14.4 Å². The van der Waals surface area contributed by atoms with Crippen LogP contribution in [0.5, 0.6) is 0 Å². The van der Waals surface area contributed by atoms with E-state index in [4.69, 9.17) is 0 Å². The second kappa shape index (κ2) is 5.79. The molecule has 0 aliphatic carbocycles. The van der Waals surface area contributed by atoms with Gasteiger partial charge in [0.15, 0.2) is 0 Å². The summed E-state index contributed by atoms with van der Waals surface area (Å²) < 4.78 is 0. The highest BCUT2D eigenvalue weighted by Crippen LogP contribution is 2.38. The van der Waals surface area contributed by atoms with Gasteiger partial charge in [-0.25, -0.2) is 0 Å². The first-order valence-electron chi connectivity index (χ1n) is 8.70. The molecule has 0 fully saturated rings. The van der Waals surface area contributed by atoms with Gasteiger partial charge in [0.25, 0.3) is 11.8 Å². The van der Waals surface area contributed by atoms with Crippen LogP contribution in [0.2, 0.25) is 0 Å². The van der Waals surface area contributed by atoms with Gasteiger partial charge in [-0.05, 0) is 35.0 Å². The van der Waals surface area contributed by atoms with Crippen molar-refractivity contribution in [3.63, 3.8) is 0 Å². The Hall–Kier alpha value is -3.93. The standard InChI is InChI=1S/C22H13N3O3/c1-25-21(27)14-6-4-5-13-12-8-10-23-11-15(12)18(19(17(13)14)22(25)28)20(26)16-7-2-3-9-24-16/h2-11H,1H3. The van der Waals surface area contributed by atoms with Crippen molar-refractivity contribution in [3.8, 4) is 0 Å². The molecule has 6 nitrogen and oxygen atoms in total. The fraction of sp³-hybridized carbons (Fsp3) is 0.0455. The Labute approximate surface area is 159 Å². The van der Waals surface area contributed by atoms with Crippen LogP contribution in [-0.2, 0) is 0 Å². The predicted octanol–water partition coefficient (Wildman–Crippen LogP) is 3.24. The van der Waals surface area contributed by atoms with Crippen LogP contribution >= 0.6 is 0 Å². The van der Waals surface area contributed by atoms with Crippen molar-refractivity contribution in [2.75, 3.05) is 7.05 Å². The van der Waals surface area contributed by atoms with E-state index >= 15 is 0 Å². The predicted molar refractivity (Wildman–Crippen MR) is 103 cm³/mol. The number of imide groups is 1. The lowest BCUT2D eigenvalue weighted by molar-refractivity contribution is 0.0648. The number of carbonyl (C=O) groups excluding carboxylic acids is 3. The molecule has 2 amide bonds. The number of fused-ring (bicyclic) bond motifs is 2. The third-order valence-corrected chi connectivity index (χ3v) is 5.12. The first-order valence-corrected chi connectivity index (χ1v) is 8.70. The monoisotopic (exact) mass is 367 g/mol. The third kappa shape index (κ3) is 2.05. The number of hydrogen-bond acceptors (Lipinski definition) is 5. The molecule has 28 heavy (non-hydrogen) atoms. The maximum atomic E-state index is 13.4. The average molecular weight is 367 g/mol. The van der Waals surface area contributed by atoms with Gasteiger partial charge in [0.2, 0.25) is 5.78 Å². The molecular formula is C22H13N3O3. The SMILES string of the molecule is CN1C(=O)c2cccc3c2c(c(C(=O)c2ccccn2)c2cnccc23)C1=O. The summed E-state index contributed by atoms with van der Waals surface area (Å²) >= 11 is 0. The number of rotatable bonds is 2. The van der Waals surface area contributed by atoms with E-state index in [1.807, 2.05) is 6.07 Å². The summed E-state index contributed by atoms with van der Waals surface area (Å²) in [6.07, 6.45) is 4.74. The van der Waals surface area contributed by atoms with E-state index in [-0.39, 0.29) is 28.5 Å². The van der Waals surface area contributed by atoms with Crippen LogP contribution in [0.1, 0.15) is 36.8 Å². The zero-order valence-corrected chi connectivity index (χ0v) is 14.8. The van der Waals surface area contributed by atoms with E-state index in [0.717, 1.165) is 15.7 Å². The summed E-state index contributed by atoms with van der Waals surface area (Å²) in [6.45, 7) is 0. The molecule has 2 aromatic heterocycles. The van der Waals surface area contributed by atoms with Gasteiger partial charge in [-0.2, -0.15) is 0 Å². The molecule has 0 N–H and O–H groups in total. The van der Waals surface area contributed by atoms with Crippen LogP contribution in [-0.4, -0.2) is 39.5 Å². The molecule has 2 aromatic carbocycles. The van der Waals surface area contributed by atoms with E-state index in [1.165, 1.54) is 13.2 Å². The molecule has 1 aliphatic heterocycles. The number of nitrogens with zero attached hydrogens (tertiary/aromatic N) is 3. The minimum atomic E-state index is -0.501. The van der Waals surface area contributed by atoms with E-state index < -0.39 is 5.91 Å². The first-order chi connectivity index (χ1) is 13.6. The van der Waals surface area contributed by atoms with Gasteiger partial charge in [-0.15, -0.1) is 0 Å². The van der Waals surface area contributed by atoms with Crippen molar-refractivity contribution in [2.45, 2.75) is 0 Å². The van der Waals surface area contributed by atoms with Crippen molar-refractivity contribution in [2.24, 2.45) is 0 Å². The van der Waals surface area contributed by atoms with Crippen LogP contribution in [0, 0.1) is 0 Å². The maximum Gasteiger partial charge on any atom is 0.261 e. The van der Waals surface area contributed by atoms with E-state index in [2.05, 4.69) is 9.97 Å². The molecule has 0 saturated heterocycles. The summed E-state index contributed by atoms with van der Waals surface area (Å²) in [4.78, 5) is 48.6. The lowest BCUT2D eigenvalue weighted by Crippen LogP contribution is -2.38. The second-order valence-corrected chi connectivity index (χ2v) is 6.61. The van der Waals surface area contributed by atoms with Crippen molar-refractivity contribution in [3.05, 3.63) is 83.4 Å². The Morgan fingerprint density at radius 3 is 2.54 bits per heavy atom. The highest BCUT2D eigenvalue weighted by Gasteiger charge is 2.35. The molecule has 0 spiro atoms. The smallest absolute Gasteiger partial charge is 0.261 e. The molecule has 4 aromatic rings. The van der Waals surface area contributed by atoms with Gasteiger partial charge < -0.3 is 0 Å². The normalized spacial score (nSPS) is 13.4. The van der Waals surface area contributed by atoms with Gasteiger partial charge in [0.1, 0.15) is 5.69 Å². The van der Waals surface area contributed by atoms with Crippen molar-refractivity contribution >= 4 is 39.1 Å². The number of aromatic nitrogens is 2.